The number of rotatable bonds is 5. The molecule has 2 aromatic rings. The van der Waals surface area contributed by atoms with Crippen LogP contribution in [0.1, 0.15) is 24.5 Å². The summed E-state index contributed by atoms with van der Waals surface area (Å²) < 4.78 is 0. The number of nitrogens with zero attached hydrogens (tertiary/aromatic N) is 3. The molecule has 0 N–H and O–H groups in total. The van der Waals surface area contributed by atoms with Crippen molar-refractivity contribution in [2.45, 2.75) is 19.8 Å². The molecule has 0 aliphatic carbocycles. The van der Waals surface area contributed by atoms with Gasteiger partial charge in [0, 0.05) is 43.6 Å². The molecule has 1 saturated heterocycles. The Balaban J connectivity index is 0.000000244. The number of hydrogen-bond donors (Lipinski definition) is 0. The summed E-state index contributed by atoms with van der Waals surface area (Å²) in [6.45, 7) is 13.9. The molecule has 0 unspecified atom stereocenters. The number of allylic oxidation sites excluding steroid dienone is 2. The van der Waals surface area contributed by atoms with Gasteiger partial charge in [-0.3, -0.25) is 0 Å². The van der Waals surface area contributed by atoms with Crippen LogP contribution in [-0.4, -0.2) is 36.1 Å². The molecule has 0 spiro atoms. The number of piperazine rings is 1. The van der Waals surface area contributed by atoms with Gasteiger partial charge in [-0.15, -0.1) is 13.0 Å². The Bertz CT molecular complexity index is 748. The van der Waals surface area contributed by atoms with Gasteiger partial charge in [-0.05, 0) is 30.5 Å². The van der Waals surface area contributed by atoms with Crippen LogP contribution in [0.2, 0.25) is 0 Å². The molecule has 1 aliphatic rings. The fourth-order valence-corrected chi connectivity index (χ4v) is 2.91. The minimum atomic E-state index is 0.830. The van der Waals surface area contributed by atoms with Gasteiger partial charge in [-0.2, -0.15) is 0 Å². The topological polar surface area (TPSA) is 19.4 Å². The van der Waals surface area contributed by atoms with Crippen LogP contribution in [0.25, 0.3) is 0 Å². The molecular formula is C24H29N3. The monoisotopic (exact) mass is 359 g/mol. The molecule has 1 aliphatic heterocycles. The van der Waals surface area contributed by atoms with Crippen LogP contribution in [0.15, 0.2) is 73.6 Å². The average Bonchev–Trinajstić information content (AvgIpc) is 2.75. The van der Waals surface area contributed by atoms with E-state index >= 15 is 0 Å². The van der Waals surface area contributed by atoms with E-state index in [9.17, 15) is 0 Å². The zero-order chi connectivity index (χ0) is 19.5. The molecule has 3 heteroatoms. The fraction of sp³-hybridized carbons (Fsp3) is 0.292. The highest BCUT2D eigenvalue weighted by Crippen LogP contribution is 2.16. The summed E-state index contributed by atoms with van der Waals surface area (Å²) in [5.41, 5.74) is 3.38. The van der Waals surface area contributed by atoms with Crippen LogP contribution >= 0.6 is 0 Å². The average molecular weight is 360 g/mol. The summed E-state index contributed by atoms with van der Waals surface area (Å²) in [6, 6.07) is 14.2. The van der Waals surface area contributed by atoms with Crippen molar-refractivity contribution < 1.29 is 0 Å². The molecule has 2 heterocycles. The number of anilines is 1. The van der Waals surface area contributed by atoms with Gasteiger partial charge in [-0.1, -0.05) is 55.8 Å². The van der Waals surface area contributed by atoms with Gasteiger partial charge in [0.05, 0.1) is 0 Å². The van der Waals surface area contributed by atoms with E-state index < -0.39 is 0 Å². The predicted molar refractivity (Wildman–Crippen MR) is 116 cm³/mol. The van der Waals surface area contributed by atoms with Crippen molar-refractivity contribution in [3.8, 4) is 12.3 Å². The maximum Gasteiger partial charge on any atom is 0.128 e. The lowest BCUT2D eigenvalue weighted by atomic mass is 10.2. The van der Waals surface area contributed by atoms with Gasteiger partial charge in [0.15, 0.2) is 0 Å². The Hall–Kier alpha value is -2.99. The standard InChI is InChI=1S/C15H19N3.C9H10/c1-4-13(3)17-8-10-18(11-9-17)15-7-6-14(5-2)12-16-15;1-2-6-9-7-4-3-5-8-9/h2,6-7,12H,3-4,8-11H2,1H3;2-5,7-8H,1,6H2. The molecule has 27 heavy (non-hydrogen) atoms. The van der Waals surface area contributed by atoms with Crippen LogP contribution in [-0.2, 0) is 6.42 Å². The van der Waals surface area contributed by atoms with Gasteiger partial charge in [0.25, 0.3) is 0 Å². The van der Waals surface area contributed by atoms with Gasteiger partial charge >= 0.3 is 0 Å². The van der Waals surface area contributed by atoms with Crippen LogP contribution in [0.3, 0.4) is 0 Å². The maximum absolute atomic E-state index is 5.33. The molecule has 0 bridgehead atoms. The van der Waals surface area contributed by atoms with Gasteiger partial charge < -0.3 is 9.80 Å². The Kier molecular flexibility index (Phi) is 8.19. The van der Waals surface area contributed by atoms with Crippen molar-refractivity contribution in [1.29, 1.82) is 0 Å². The number of hydrogen-bond acceptors (Lipinski definition) is 3. The Morgan fingerprint density at radius 2 is 1.85 bits per heavy atom. The Morgan fingerprint density at radius 3 is 2.37 bits per heavy atom. The summed E-state index contributed by atoms with van der Waals surface area (Å²) in [6.07, 6.45) is 11.0. The fourth-order valence-electron chi connectivity index (χ4n) is 2.91. The summed E-state index contributed by atoms with van der Waals surface area (Å²) in [5.74, 6) is 3.60. The van der Waals surface area contributed by atoms with Crippen molar-refractivity contribution in [3.63, 3.8) is 0 Å². The second kappa shape index (κ2) is 10.9. The van der Waals surface area contributed by atoms with E-state index in [0.717, 1.165) is 50.4 Å². The predicted octanol–water partition coefficient (Wildman–Crippen LogP) is 4.52. The maximum atomic E-state index is 5.33. The van der Waals surface area contributed by atoms with Crippen LogP contribution < -0.4 is 4.90 Å². The molecular weight excluding hydrogens is 330 g/mol. The van der Waals surface area contributed by atoms with Gasteiger partial charge in [0.2, 0.25) is 0 Å². The van der Waals surface area contributed by atoms with Gasteiger partial charge in [-0.25, -0.2) is 4.98 Å². The molecule has 0 atom stereocenters. The summed E-state index contributed by atoms with van der Waals surface area (Å²) in [5, 5.41) is 0. The Morgan fingerprint density at radius 1 is 1.15 bits per heavy atom. The molecule has 0 saturated carbocycles. The van der Waals surface area contributed by atoms with E-state index in [2.05, 4.69) is 52.9 Å². The quantitative estimate of drug-likeness (QED) is 0.578. The summed E-state index contributed by atoms with van der Waals surface area (Å²) in [7, 11) is 0. The largest absolute Gasteiger partial charge is 0.372 e. The minimum Gasteiger partial charge on any atom is -0.372 e. The molecule has 1 aromatic carbocycles. The van der Waals surface area contributed by atoms with E-state index in [4.69, 9.17) is 6.42 Å². The number of pyridine rings is 1. The highest BCUT2D eigenvalue weighted by molar-refractivity contribution is 5.43. The molecule has 140 valence electrons. The van der Waals surface area contributed by atoms with E-state index in [-0.39, 0.29) is 0 Å². The zero-order valence-corrected chi connectivity index (χ0v) is 16.3. The third kappa shape index (κ3) is 6.34. The highest BCUT2D eigenvalue weighted by Gasteiger charge is 2.17. The lowest BCUT2D eigenvalue weighted by Gasteiger charge is -2.37. The van der Waals surface area contributed by atoms with E-state index in [1.54, 1.807) is 6.20 Å². The SMILES string of the molecule is C#Cc1ccc(N2CCN(C(=C)CC)CC2)nc1.C=CCc1ccccc1. The molecule has 1 aromatic heterocycles. The normalized spacial score (nSPS) is 13.2. The zero-order valence-electron chi connectivity index (χ0n) is 16.3. The van der Waals surface area contributed by atoms with Crippen molar-refractivity contribution in [1.82, 2.24) is 9.88 Å². The van der Waals surface area contributed by atoms with Crippen LogP contribution in [0.5, 0.6) is 0 Å². The second-order valence-corrected chi connectivity index (χ2v) is 6.42. The van der Waals surface area contributed by atoms with Crippen molar-refractivity contribution in [3.05, 3.63) is 84.7 Å². The Labute approximate surface area is 164 Å². The molecule has 0 amide bonds. The molecule has 0 radical (unpaired) electrons. The number of aromatic nitrogens is 1. The van der Waals surface area contributed by atoms with E-state index in [1.807, 2.05) is 36.4 Å². The van der Waals surface area contributed by atoms with Crippen LogP contribution in [0.4, 0.5) is 5.82 Å². The molecule has 1 fully saturated rings. The van der Waals surface area contributed by atoms with E-state index in [0.29, 0.717) is 0 Å². The van der Waals surface area contributed by atoms with E-state index in [1.165, 1.54) is 11.3 Å². The van der Waals surface area contributed by atoms with Crippen LogP contribution in [0, 0.1) is 12.3 Å². The van der Waals surface area contributed by atoms with Crippen molar-refractivity contribution >= 4 is 5.82 Å². The second-order valence-electron chi connectivity index (χ2n) is 6.42. The minimum absolute atomic E-state index is 0.830. The van der Waals surface area contributed by atoms with Gasteiger partial charge in [0.1, 0.15) is 5.82 Å². The third-order valence-corrected chi connectivity index (χ3v) is 4.60. The number of terminal acetylenes is 1. The highest BCUT2D eigenvalue weighted by atomic mass is 15.3. The number of benzene rings is 1. The summed E-state index contributed by atoms with van der Waals surface area (Å²) >= 11 is 0. The summed E-state index contributed by atoms with van der Waals surface area (Å²) in [4.78, 5) is 9.05. The third-order valence-electron chi connectivity index (χ3n) is 4.60. The molecule has 3 rings (SSSR count). The first kappa shape index (κ1) is 20.3. The lowest BCUT2D eigenvalue weighted by Crippen LogP contribution is -2.45. The lowest BCUT2D eigenvalue weighted by molar-refractivity contribution is 0.314. The first-order valence-electron chi connectivity index (χ1n) is 9.43. The van der Waals surface area contributed by atoms with Crippen molar-refractivity contribution in [2.75, 3.05) is 31.1 Å². The first-order chi connectivity index (χ1) is 13.2. The molecule has 3 nitrogen and oxygen atoms in total. The smallest absolute Gasteiger partial charge is 0.128 e. The van der Waals surface area contributed by atoms with Crippen molar-refractivity contribution in [2.24, 2.45) is 0 Å². The first-order valence-corrected chi connectivity index (χ1v) is 9.43.